The van der Waals surface area contributed by atoms with Gasteiger partial charge in [-0.05, 0) is 31.0 Å². The van der Waals surface area contributed by atoms with Gasteiger partial charge in [0.25, 0.3) is 5.91 Å². The molecule has 1 aliphatic carbocycles. The number of amides is 1. The van der Waals surface area contributed by atoms with Gasteiger partial charge in [0.1, 0.15) is 5.54 Å². The standard InChI is InChI=1S/C14H14N2O3/c15-9-10-4-3-5-11(8-10)12(17)16-14(13(18)19)6-1-2-7-14/h3-5,8H,1-2,6-7H2,(H,16,17)(H,18,19). The van der Waals surface area contributed by atoms with Crippen LogP contribution >= 0.6 is 0 Å². The molecule has 1 saturated carbocycles. The number of carbonyl (C=O) groups excluding carboxylic acids is 1. The molecule has 0 aromatic heterocycles. The summed E-state index contributed by atoms with van der Waals surface area (Å²) in [5, 5.41) is 20.7. The van der Waals surface area contributed by atoms with Crippen LogP contribution in [0, 0.1) is 11.3 Å². The zero-order valence-corrected chi connectivity index (χ0v) is 10.3. The lowest BCUT2D eigenvalue weighted by Crippen LogP contribution is -2.52. The molecule has 2 rings (SSSR count). The maximum atomic E-state index is 12.1. The quantitative estimate of drug-likeness (QED) is 0.863. The number of carboxylic acids is 1. The average molecular weight is 258 g/mol. The third-order valence-corrected chi connectivity index (χ3v) is 3.47. The van der Waals surface area contributed by atoms with Crippen LogP contribution in [0.5, 0.6) is 0 Å². The fourth-order valence-electron chi connectivity index (χ4n) is 2.39. The van der Waals surface area contributed by atoms with Crippen molar-refractivity contribution >= 4 is 11.9 Å². The molecule has 5 heteroatoms. The largest absolute Gasteiger partial charge is 0.480 e. The summed E-state index contributed by atoms with van der Waals surface area (Å²) in [6.07, 6.45) is 2.49. The van der Waals surface area contributed by atoms with Crippen molar-refractivity contribution in [3.8, 4) is 6.07 Å². The van der Waals surface area contributed by atoms with Gasteiger partial charge < -0.3 is 10.4 Å². The van der Waals surface area contributed by atoms with E-state index in [4.69, 9.17) is 5.26 Å². The van der Waals surface area contributed by atoms with Crippen LogP contribution in [-0.4, -0.2) is 22.5 Å². The maximum absolute atomic E-state index is 12.1. The highest BCUT2D eigenvalue weighted by Gasteiger charge is 2.42. The molecule has 1 aliphatic rings. The number of rotatable bonds is 3. The van der Waals surface area contributed by atoms with Crippen molar-refractivity contribution < 1.29 is 14.7 Å². The predicted octanol–water partition coefficient (Wildman–Crippen LogP) is 1.69. The van der Waals surface area contributed by atoms with Crippen molar-refractivity contribution in [1.29, 1.82) is 5.26 Å². The number of carbonyl (C=O) groups is 2. The van der Waals surface area contributed by atoms with Crippen molar-refractivity contribution in [2.75, 3.05) is 0 Å². The monoisotopic (exact) mass is 258 g/mol. The number of nitrogens with one attached hydrogen (secondary N) is 1. The molecule has 0 spiro atoms. The Labute approximate surface area is 110 Å². The van der Waals surface area contributed by atoms with E-state index >= 15 is 0 Å². The fraction of sp³-hybridized carbons (Fsp3) is 0.357. The molecule has 0 saturated heterocycles. The van der Waals surface area contributed by atoms with Gasteiger partial charge in [0.05, 0.1) is 11.6 Å². The summed E-state index contributed by atoms with van der Waals surface area (Å²) >= 11 is 0. The van der Waals surface area contributed by atoms with Gasteiger partial charge >= 0.3 is 5.97 Å². The lowest BCUT2D eigenvalue weighted by Gasteiger charge is -2.25. The Hall–Kier alpha value is -2.35. The Bertz CT molecular complexity index is 554. The molecule has 0 atom stereocenters. The van der Waals surface area contributed by atoms with Crippen LogP contribution in [-0.2, 0) is 4.79 Å². The lowest BCUT2D eigenvalue weighted by atomic mass is 9.97. The SMILES string of the molecule is N#Cc1cccc(C(=O)NC2(C(=O)O)CCCC2)c1. The first-order valence-electron chi connectivity index (χ1n) is 6.13. The zero-order valence-electron chi connectivity index (χ0n) is 10.3. The van der Waals surface area contributed by atoms with Crippen LogP contribution in [0.2, 0.25) is 0 Å². The van der Waals surface area contributed by atoms with Gasteiger partial charge in [0.2, 0.25) is 0 Å². The first-order chi connectivity index (χ1) is 9.07. The van der Waals surface area contributed by atoms with E-state index in [1.54, 1.807) is 18.2 Å². The molecule has 2 N–H and O–H groups in total. The van der Waals surface area contributed by atoms with Crippen LogP contribution in [0.15, 0.2) is 24.3 Å². The molecule has 1 aromatic carbocycles. The Balaban J connectivity index is 2.20. The highest BCUT2D eigenvalue weighted by molar-refractivity contribution is 5.98. The minimum absolute atomic E-state index is 0.312. The normalized spacial score (nSPS) is 16.6. The van der Waals surface area contributed by atoms with E-state index in [-0.39, 0.29) is 0 Å². The van der Waals surface area contributed by atoms with Gasteiger partial charge in [-0.3, -0.25) is 4.79 Å². The molecule has 19 heavy (non-hydrogen) atoms. The summed E-state index contributed by atoms with van der Waals surface area (Å²) in [4.78, 5) is 23.4. The van der Waals surface area contributed by atoms with Crippen molar-refractivity contribution in [1.82, 2.24) is 5.32 Å². The molecule has 0 bridgehead atoms. The van der Waals surface area contributed by atoms with Gasteiger partial charge in [-0.2, -0.15) is 5.26 Å². The Kier molecular flexibility index (Phi) is 3.52. The Morgan fingerprint density at radius 3 is 2.58 bits per heavy atom. The molecule has 0 heterocycles. The van der Waals surface area contributed by atoms with Crippen molar-refractivity contribution in [3.05, 3.63) is 35.4 Å². The Morgan fingerprint density at radius 1 is 1.32 bits per heavy atom. The fourth-order valence-corrected chi connectivity index (χ4v) is 2.39. The number of nitrogens with zero attached hydrogens (tertiary/aromatic N) is 1. The maximum Gasteiger partial charge on any atom is 0.329 e. The molecular formula is C14H14N2O3. The number of nitriles is 1. The van der Waals surface area contributed by atoms with Crippen LogP contribution in [0.3, 0.4) is 0 Å². The van der Waals surface area contributed by atoms with Crippen LogP contribution in [0.1, 0.15) is 41.6 Å². The Morgan fingerprint density at radius 2 is 2.00 bits per heavy atom. The van der Waals surface area contributed by atoms with Crippen molar-refractivity contribution in [2.45, 2.75) is 31.2 Å². The van der Waals surface area contributed by atoms with Gasteiger partial charge in [0, 0.05) is 5.56 Å². The second-order valence-corrected chi connectivity index (χ2v) is 4.74. The third kappa shape index (κ3) is 2.58. The molecule has 1 fully saturated rings. The van der Waals surface area contributed by atoms with Gasteiger partial charge in [-0.15, -0.1) is 0 Å². The van der Waals surface area contributed by atoms with E-state index < -0.39 is 17.4 Å². The van der Waals surface area contributed by atoms with E-state index in [0.29, 0.717) is 24.0 Å². The predicted molar refractivity (Wildman–Crippen MR) is 67.5 cm³/mol. The van der Waals surface area contributed by atoms with E-state index in [2.05, 4.69) is 5.32 Å². The molecule has 5 nitrogen and oxygen atoms in total. The smallest absolute Gasteiger partial charge is 0.329 e. The van der Waals surface area contributed by atoms with E-state index in [1.165, 1.54) is 6.07 Å². The number of aliphatic carboxylic acids is 1. The van der Waals surface area contributed by atoms with Crippen molar-refractivity contribution in [2.24, 2.45) is 0 Å². The van der Waals surface area contributed by atoms with E-state index in [9.17, 15) is 14.7 Å². The van der Waals surface area contributed by atoms with Crippen molar-refractivity contribution in [3.63, 3.8) is 0 Å². The van der Waals surface area contributed by atoms with Crippen LogP contribution in [0.25, 0.3) is 0 Å². The highest BCUT2D eigenvalue weighted by atomic mass is 16.4. The number of carboxylic acid groups (broad SMARTS) is 1. The molecule has 1 amide bonds. The first kappa shape index (κ1) is 13.1. The number of hydrogen-bond donors (Lipinski definition) is 2. The number of hydrogen-bond acceptors (Lipinski definition) is 3. The first-order valence-corrected chi connectivity index (χ1v) is 6.13. The summed E-state index contributed by atoms with van der Waals surface area (Å²) in [7, 11) is 0. The van der Waals surface area contributed by atoms with E-state index in [1.807, 2.05) is 6.07 Å². The molecule has 0 aliphatic heterocycles. The summed E-state index contributed by atoms with van der Waals surface area (Å²) in [5.41, 5.74) is -0.463. The minimum Gasteiger partial charge on any atom is -0.480 e. The van der Waals surface area contributed by atoms with Gasteiger partial charge in [0.15, 0.2) is 0 Å². The summed E-state index contributed by atoms with van der Waals surface area (Å²) in [5.74, 6) is -1.43. The lowest BCUT2D eigenvalue weighted by molar-refractivity contribution is -0.144. The molecule has 98 valence electrons. The van der Waals surface area contributed by atoms with Crippen LogP contribution in [0.4, 0.5) is 0 Å². The summed E-state index contributed by atoms with van der Waals surface area (Å²) < 4.78 is 0. The van der Waals surface area contributed by atoms with Gasteiger partial charge in [-0.1, -0.05) is 18.9 Å². The highest BCUT2D eigenvalue weighted by Crippen LogP contribution is 2.30. The average Bonchev–Trinajstić information content (AvgIpc) is 2.88. The van der Waals surface area contributed by atoms with E-state index in [0.717, 1.165) is 12.8 Å². The second-order valence-electron chi connectivity index (χ2n) is 4.74. The molecular weight excluding hydrogens is 244 g/mol. The minimum atomic E-state index is -1.15. The third-order valence-electron chi connectivity index (χ3n) is 3.47. The second kappa shape index (κ2) is 5.11. The topological polar surface area (TPSA) is 90.2 Å². The summed E-state index contributed by atoms with van der Waals surface area (Å²) in [6, 6.07) is 8.18. The van der Waals surface area contributed by atoms with Gasteiger partial charge in [-0.25, -0.2) is 4.79 Å². The molecule has 0 radical (unpaired) electrons. The van der Waals surface area contributed by atoms with Crippen LogP contribution < -0.4 is 5.32 Å². The number of benzene rings is 1. The molecule has 0 unspecified atom stereocenters. The summed E-state index contributed by atoms with van der Waals surface area (Å²) in [6.45, 7) is 0. The molecule has 1 aromatic rings. The zero-order chi connectivity index (χ0) is 13.9.